The van der Waals surface area contributed by atoms with Crippen LogP contribution < -0.4 is 20.1 Å². The first-order chi connectivity index (χ1) is 14.0. The molecule has 2 aliphatic rings. The third-order valence-electron chi connectivity index (χ3n) is 6.09. The van der Waals surface area contributed by atoms with Gasteiger partial charge in [0.15, 0.2) is 17.5 Å². The topological polar surface area (TPSA) is 75.2 Å². The van der Waals surface area contributed by atoms with Gasteiger partial charge >= 0.3 is 0 Å². The number of likely N-dealkylation sites (N-methyl/N-ethyl adjacent to an activating group) is 1. The predicted molar refractivity (Wildman–Crippen MR) is 130 cm³/mol. The number of carbonyl (C=O) groups is 1. The van der Waals surface area contributed by atoms with E-state index < -0.39 is 0 Å². The number of benzene rings is 1. The molecule has 2 aliphatic carbocycles. The number of halogens is 1. The van der Waals surface area contributed by atoms with Crippen molar-refractivity contribution in [2.75, 3.05) is 41.4 Å². The van der Waals surface area contributed by atoms with E-state index in [4.69, 9.17) is 9.47 Å². The summed E-state index contributed by atoms with van der Waals surface area (Å²) in [4.78, 5) is 18.1. The molecular formula is C22H35IN4O3. The van der Waals surface area contributed by atoms with E-state index >= 15 is 0 Å². The third kappa shape index (κ3) is 6.39. The number of ether oxygens (including phenoxy) is 2. The van der Waals surface area contributed by atoms with Crippen LogP contribution in [0.3, 0.4) is 0 Å². The quantitative estimate of drug-likeness (QED) is 0.307. The van der Waals surface area contributed by atoms with Gasteiger partial charge in [-0.05, 0) is 55.2 Å². The SMILES string of the molecule is COc1ccc(CCNC(=NCC(=O)N(C)C)NC2CC3CCC2C3)cc1OC.I. The van der Waals surface area contributed by atoms with Gasteiger partial charge in [0.1, 0.15) is 6.54 Å². The Bertz CT molecular complexity index is 741. The molecule has 1 aromatic rings. The molecule has 1 aromatic carbocycles. The number of nitrogens with zero attached hydrogens (tertiary/aromatic N) is 2. The molecule has 168 valence electrons. The molecule has 0 aliphatic heterocycles. The standard InChI is InChI=1S/C22H34N4O3.HI/c1-26(2)21(27)14-24-22(25-18-12-16-5-7-17(18)11-16)23-10-9-15-6-8-19(28-3)20(13-15)29-4;/h6,8,13,16-18H,5,7,9-12,14H2,1-4H3,(H2,23,24,25);1H. The molecule has 2 fully saturated rings. The Morgan fingerprint density at radius 1 is 1.17 bits per heavy atom. The average Bonchev–Trinajstić information content (AvgIpc) is 3.34. The van der Waals surface area contributed by atoms with Crippen molar-refractivity contribution < 1.29 is 14.3 Å². The zero-order valence-electron chi connectivity index (χ0n) is 18.4. The second kappa shape index (κ2) is 11.6. The lowest BCUT2D eigenvalue weighted by Crippen LogP contribution is -2.46. The van der Waals surface area contributed by atoms with Crippen molar-refractivity contribution in [3.63, 3.8) is 0 Å². The van der Waals surface area contributed by atoms with Crippen molar-refractivity contribution in [3.8, 4) is 11.5 Å². The van der Waals surface area contributed by atoms with Crippen LogP contribution in [0.2, 0.25) is 0 Å². The van der Waals surface area contributed by atoms with Crippen molar-refractivity contribution >= 4 is 35.8 Å². The monoisotopic (exact) mass is 530 g/mol. The van der Waals surface area contributed by atoms with Crippen LogP contribution in [0.15, 0.2) is 23.2 Å². The van der Waals surface area contributed by atoms with Gasteiger partial charge < -0.3 is 25.0 Å². The van der Waals surface area contributed by atoms with Gasteiger partial charge in [-0.25, -0.2) is 4.99 Å². The van der Waals surface area contributed by atoms with Crippen LogP contribution in [-0.2, 0) is 11.2 Å². The van der Waals surface area contributed by atoms with Gasteiger partial charge in [-0.1, -0.05) is 12.5 Å². The smallest absolute Gasteiger partial charge is 0.243 e. The number of rotatable bonds is 8. The lowest BCUT2D eigenvalue weighted by atomic mass is 9.95. The summed E-state index contributed by atoms with van der Waals surface area (Å²) >= 11 is 0. The second-order valence-electron chi connectivity index (χ2n) is 8.24. The maximum absolute atomic E-state index is 12.0. The second-order valence-corrected chi connectivity index (χ2v) is 8.24. The van der Waals surface area contributed by atoms with Crippen molar-refractivity contribution in [3.05, 3.63) is 23.8 Å². The van der Waals surface area contributed by atoms with Crippen molar-refractivity contribution in [1.82, 2.24) is 15.5 Å². The van der Waals surface area contributed by atoms with Crippen LogP contribution in [-0.4, -0.2) is 64.2 Å². The molecule has 30 heavy (non-hydrogen) atoms. The molecule has 7 nitrogen and oxygen atoms in total. The maximum atomic E-state index is 12.0. The molecule has 2 N–H and O–H groups in total. The van der Waals surface area contributed by atoms with Crippen LogP contribution in [0.1, 0.15) is 31.2 Å². The number of nitrogens with one attached hydrogen (secondary N) is 2. The minimum Gasteiger partial charge on any atom is -0.493 e. The fourth-order valence-corrected chi connectivity index (χ4v) is 4.40. The fraction of sp³-hybridized carbons (Fsp3) is 0.636. The number of methoxy groups -OCH3 is 2. The van der Waals surface area contributed by atoms with E-state index in [9.17, 15) is 4.79 Å². The Kier molecular flexibility index (Phi) is 9.51. The van der Waals surface area contributed by atoms with Gasteiger partial charge in [-0.2, -0.15) is 0 Å². The lowest BCUT2D eigenvalue weighted by Gasteiger charge is -2.25. The molecule has 0 spiro atoms. The van der Waals surface area contributed by atoms with Gasteiger partial charge in [0.25, 0.3) is 0 Å². The number of hydrogen-bond acceptors (Lipinski definition) is 4. The summed E-state index contributed by atoms with van der Waals surface area (Å²) in [6.07, 6.45) is 6.02. The highest BCUT2D eigenvalue weighted by molar-refractivity contribution is 14.0. The largest absolute Gasteiger partial charge is 0.493 e. The van der Waals surface area contributed by atoms with E-state index in [0.29, 0.717) is 6.04 Å². The summed E-state index contributed by atoms with van der Waals surface area (Å²) in [6, 6.07) is 6.43. The lowest BCUT2D eigenvalue weighted by molar-refractivity contribution is -0.127. The van der Waals surface area contributed by atoms with E-state index in [1.165, 1.54) is 25.7 Å². The molecule has 0 heterocycles. The molecule has 2 bridgehead atoms. The van der Waals surface area contributed by atoms with E-state index in [1.807, 2.05) is 18.2 Å². The zero-order chi connectivity index (χ0) is 20.8. The molecular weight excluding hydrogens is 495 g/mol. The average molecular weight is 530 g/mol. The molecule has 1 amide bonds. The molecule has 0 saturated heterocycles. The van der Waals surface area contributed by atoms with Crippen molar-refractivity contribution in [2.45, 2.75) is 38.1 Å². The highest BCUT2D eigenvalue weighted by Crippen LogP contribution is 2.44. The van der Waals surface area contributed by atoms with Crippen LogP contribution in [0, 0.1) is 11.8 Å². The highest BCUT2D eigenvalue weighted by Gasteiger charge is 2.39. The number of amides is 1. The van der Waals surface area contributed by atoms with Crippen LogP contribution in [0.4, 0.5) is 0 Å². The molecule has 8 heteroatoms. The van der Waals surface area contributed by atoms with Crippen LogP contribution in [0.5, 0.6) is 11.5 Å². The van der Waals surface area contributed by atoms with Crippen LogP contribution >= 0.6 is 24.0 Å². The summed E-state index contributed by atoms with van der Waals surface area (Å²) in [7, 11) is 6.79. The Balaban J connectivity index is 0.00000320. The van der Waals surface area contributed by atoms with E-state index in [1.54, 1.807) is 33.2 Å². The Morgan fingerprint density at radius 3 is 2.53 bits per heavy atom. The maximum Gasteiger partial charge on any atom is 0.243 e. The molecule has 3 unspecified atom stereocenters. The number of carbonyl (C=O) groups excluding carboxylic acids is 1. The molecule has 0 aromatic heterocycles. The Hall–Kier alpha value is -1.71. The van der Waals surface area contributed by atoms with Crippen molar-refractivity contribution in [2.24, 2.45) is 16.8 Å². The van der Waals surface area contributed by atoms with Gasteiger partial charge in [-0.3, -0.25) is 4.79 Å². The summed E-state index contributed by atoms with van der Waals surface area (Å²) in [6.45, 7) is 0.873. The summed E-state index contributed by atoms with van der Waals surface area (Å²) in [5.74, 6) is 3.79. The Morgan fingerprint density at radius 2 is 1.93 bits per heavy atom. The number of hydrogen-bond donors (Lipinski definition) is 2. The highest BCUT2D eigenvalue weighted by atomic mass is 127. The van der Waals surface area contributed by atoms with Gasteiger partial charge in [0, 0.05) is 26.7 Å². The normalized spacial score (nSPS) is 22.3. The minimum absolute atomic E-state index is 0. The summed E-state index contributed by atoms with van der Waals surface area (Å²) in [5, 5.41) is 7.00. The van der Waals surface area contributed by atoms with Crippen LogP contribution in [0.25, 0.3) is 0 Å². The number of aliphatic imine (C=N–C) groups is 1. The van der Waals surface area contributed by atoms with Crippen molar-refractivity contribution in [1.29, 1.82) is 0 Å². The first-order valence-corrected chi connectivity index (χ1v) is 10.5. The zero-order valence-corrected chi connectivity index (χ0v) is 20.8. The minimum atomic E-state index is -0.000988. The van der Waals surface area contributed by atoms with Gasteiger partial charge in [-0.15, -0.1) is 24.0 Å². The number of fused-ring (bicyclic) bond motifs is 2. The number of guanidine groups is 1. The molecule has 3 rings (SSSR count). The molecule has 0 radical (unpaired) electrons. The summed E-state index contributed by atoms with van der Waals surface area (Å²) in [5.41, 5.74) is 1.15. The molecule has 2 saturated carbocycles. The third-order valence-corrected chi connectivity index (χ3v) is 6.09. The molecule has 3 atom stereocenters. The van der Waals surface area contributed by atoms with Gasteiger partial charge in [0.2, 0.25) is 5.91 Å². The first-order valence-electron chi connectivity index (χ1n) is 10.5. The van der Waals surface area contributed by atoms with E-state index in [2.05, 4.69) is 15.6 Å². The fourth-order valence-electron chi connectivity index (χ4n) is 4.40. The Labute approximate surface area is 197 Å². The van der Waals surface area contributed by atoms with E-state index in [0.717, 1.165) is 47.8 Å². The van der Waals surface area contributed by atoms with Gasteiger partial charge in [0.05, 0.1) is 14.2 Å². The van der Waals surface area contributed by atoms with E-state index in [-0.39, 0.29) is 36.4 Å². The summed E-state index contributed by atoms with van der Waals surface area (Å²) < 4.78 is 10.7. The first kappa shape index (κ1) is 24.6. The predicted octanol–water partition coefficient (Wildman–Crippen LogP) is 2.68.